The van der Waals surface area contributed by atoms with Crippen molar-refractivity contribution in [2.75, 3.05) is 4.90 Å². The molecule has 0 bridgehead atoms. The van der Waals surface area contributed by atoms with Crippen molar-refractivity contribution >= 4 is 18.1 Å². The van der Waals surface area contributed by atoms with Crippen LogP contribution in [0.5, 0.6) is 0 Å². The molecule has 0 aromatic heterocycles. The molecule has 0 amide bonds. The summed E-state index contributed by atoms with van der Waals surface area (Å²) in [5.74, 6) is 0. The lowest BCUT2D eigenvalue weighted by molar-refractivity contribution is 0.428. The van der Waals surface area contributed by atoms with Crippen molar-refractivity contribution < 1.29 is 12.9 Å². The zero-order valence-electron chi connectivity index (χ0n) is 14.4. The van der Waals surface area contributed by atoms with E-state index in [1.807, 2.05) is 64.9 Å². The molecule has 0 spiro atoms. The van der Waals surface area contributed by atoms with Gasteiger partial charge in [-0.15, -0.1) is 0 Å². The molecule has 2 nitrogen and oxygen atoms in total. The average molecular weight is 304 g/mol. The Morgan fingerprint density at radius 1 is 0.810 bits per heavy atom. The summed E-state index contributed by atoms with van der Waals surface area (Å²) >= 11 is 0. The van der Waals surface area contributed by atoms with Crippen LogP contribution in [0.25, 0.3) is 0 Å². The normalized spacial score (nSPS) is 13.3. The van der Waals surface area contributed by atoms with Gasteiger partial charge in [-0.05, 0) is 60.9 Å². The molecule has 0 fully saturated rings. The van der Waals surface area contributed by atoms with Gasteiger partial charge in [0.25, 0.3) is 0 Å². The van der Waals surface area contributed by atoms with Crippen molar-refractivity contribution in [2.45, 2.75) is 79.6 Å². The highest BCUT2D eigenvalue weighted by atomic mass is 19.4. The third-order valence-corrected chi connectivity index (χ3v) is 3.74. The molecule has 122 valence electrons. The molecule has 1 rings (SSSR count). The Hall–Kier alpha value is -0.935. The summed E-state index contributed by atoms with van der Waals surface area (Å²) in [5.41, 5.74) is 0.0368. The molecule has 1 aromatic carbocycles. The third-order valence-electron chi connectivity index (χ3n) is 3.74. The molecule has 0 aliphatic rings. The van der Waals surface area contributed by atoms with Crippen molar-refractivity contribution in [2.24, 2.45) is 0 Å². The molecule has 0 saturated carbocycles. The predicted molar refractivity (Wildman–Crippen MR) is 85.8 cm³/mol. The van der Waals surface area contributed by atoms with Gasteiger partial charge in [-0.3, -0.25) is 0 Å². The Balaban J connectivity index is 3.58. The van der Waals surface area contributed by atoms with E-state index in [4.69, 9.17) is 0 Å². The number of hydrogen-bond donors (Lipinski definition) is 0. The van der Waals surface area contributed by atoms with Crippen molar-refractivity contribution in [3.63, 3.8) is 0 Å². The van der Waals surface area contributed by atoms with E-state index in [1.165, 1.54) is 0 Å². The highest BCUT2D eigenvalue weighted by Crippen LogP contribution is 2.24. The largest absolute Gasteiger partial charge is 0.518 e. The first kappa shape index (κ1) is 18.1. The summed E-state index contributed by atoms with van der Waals surface area (Å²) in [7, 11) is 0. The van der Waals surface area contributed by atoms with Crippen LogP contribution in [-0.2, 0) is 0 Å². The standard InChI is InChI=1S/C15H28BF3N2/c1-9(2)20(10(3)4)14-13(16(17,18)19)15(14)21(11(5)6)12(7)8/h9-12H,1-8H3. The fraction of sp³-hybridized carbons (Fsp3) is 0.800. The molecule has 0 unspecified atom stereocenters. The van der Waals surface area contributed by atoms with Crippen LogP contribution in [0.3, 0.4) is 0 Å². The first-order valence-corrected chi connectivity index (χ1v) is 7.79. The molecule has 0 aliphatic carbocycles. The van der Waals surface area contributed by atoms with E-state index in [9.17, 15) is 12.9 Å². The topological polar surface area (TPSA) is 6.25 Å². The van der Waals surface area contributed by atoms with Gasteiger partial charge in [0.2, 0.25) is 0 Å². The maximum Gasteiger partial charge on any atom is 0.518 e. The first-order valence-electron chi connectivity index (χ1n) is 7.79. The minimum atomic E-state index is -4.97. The van der Waals surface area contributed by atoms with Gasteiger partial charge in [-0.1, -0.05) is 0 Å². The predicted octanol–water partition coefficient (Wildman–Crippen LogP) is 2.83. The van der Waals surface area contributed by atoms with Crippen LogP contribution in [-0.4, -0.2) is 31.1 Å². The van der Waals surface area contributed by atoms with Crippen LogP contribution in [0, 0.1) is 0 Å². The van der Waals surface area contributed by atoms with Crippen molar-refractivity contribution in [3.05, 3.63) is 5.36 Å². The third kappa shape index (κ3) is 3.64. The van der Waals surface area contributed by atoms with Gasteiger partial charge in [-0.2, -0.15) is 0 Å². The molecule has 0 aliphatic heterocycles. The van der Waals surface area contributed by atoms with Crippen molar-refractivity contribution in [3.8, 4) is 0 Å². The summed E-state index contributed by atoms with van der Waals surface area (Å²) < 4.78 is 42.2. The van der Waals surface area contributed by atoms with E-state index in [1.54, 1.807) is 0 Å². The number of rotatable bonds is 6. The summed E-state index contributed by atoms with van der Waals surface area (Å²) in [6.07, 6.45) is 0. The first-order chi connectivity index (χ1) is 9.41. The lowest BCUT2D eigenvalue weighted by Gasteiger charge is -2.30. The Bertz CT molecular complexity index is 488. The molecule has 0 N–H and O–H groups in total. The molecule has 0 atom stereocenters. The number of anilines is 1. The molecule has 21 heavy (non-hydrogen) atoms. The molecule has 0 radical (unpaired) electrons. The lowest BCUT2D eigenvalue weighted by Crippen LogP contribution is -2.43. The summed E-state index contributed by atoms with van der Waals surface area (Å²) in [5, 5.41) is 0.412. The van der Waals surface area contributed by atoms with Gasteiger partial charge >= 0.3 is 6.98 Å². The van der Waals surface area contributed by atoms with Gasteiger partial charge in [0.15, 0.2) is 5.36 Å². The SMILES string of the molecule is CC(C)N(c1c([B-](F)(F)F)c1=[N+](C(C)C)C(C)C)C(C)C. The van der Waals surface area contributed by atoms with Crippen LogP contribution in [0.15, 0.2) is 0 Å². The molecular weight excluding hydrogens is 276 g/mol. The van der Waals surface area contributed by atoms with Crippen LogP contribution in [0.1, 0.15) is 55.4 Å². The molecule has 0 saturated heterocycles. The maximum atomic E-state index is 13.4. The zero-order valence-corrected chi connectivity index (χ0v) is 14.4. The van der Waals surface area contributed by atoms with Gasteiger partial charge in [-0.25, -0.2) is 4.58 Å². The second-order valence-corrected chi connectivity index (χ2v) is 6.88. The van der Waals surface area contributed by atoms with Gasteiger partial charge < -0.3 is 17.8 Å². The van der Waals surface area contributed by atoms with Gasteiger partial charge in [0, 0.05) is 12.1 Å². The molecular formula is C15H28BF3N2. The van der Waals surface area contributed by atoms with E-state index in [-0.39, 0.29) is 29.6 Å². The quantitative estimate of drug-likeness (QED) is 0.578. The van der Waals surface area contributed by atoms with E-state index in [0.29, 0.717) is 11.0 Å². The van der Waals surface area contributed by atoms with E-state index < -0.39 is 6.98 Å². The van der Waals surface area contributed by atoms with E-state index in [2.05, 4.69) is 0 Å². The van der Waals surface area contributed by atoms with Crippen molar-refractivity contribution in [1.29, 1.82) is 0 Å². The van der Waals surface area contributed by atoms with Crippen LogP contribution >= 0.6 is 0 Å². The highest BCUT2D eigenvalue weighted by Gasteiger charge is 2.46. The monoisotopic (exact) mass is 304 g/mol. The van der Waals surface area contributed by atoms with E-state index >= 15 is 0 Å². The van der Waals surface area contributed by atoms with Crippen LogP contribution in [0.4, 0.5) is 18.6 Å². The van der Waals surface area contributed by atoms with Gasteiger partial charge in [0.05, 0.1) is 5.69 Å². The Labute approximate surface area is 126 Å². The Kier molecular flexibility index (Phi) is 5.22. The fourth-order valence-electron chi connectivity index (χ4n) is 3.24. The smallest absolute Gasteiger partial charge is 0.445 e. The van der Waals surface area contributed by atoms with Crippen molar-refractivity contribution in [1.82, 2.24) is 4.58 Å². The summed E-state index contributed by atoms with van der Waals surface area (Å²) in [6, 6.07) is 0.192. The van der Waals surface area contributed by atoms with Crippen LogP contribution in [0.2, 0.25) is 0 Å². The summed E-state index contributed by atoms with van der Waals surface area (Å²) in [4.78, 5) is 1.89. The Morgan fingerprint density at radius 2 is 1.19 bits per heavy atom. The van der Waals surface area contributed by atoms with Gasteiger partial charge in [0.1, 0.15) is 12.1 Å². The minimum Gasteiger partial charge on any atom is -0.445 e. The average Bonchev–Trinajstić information content (AvgIpc) is 2.89. The van der Waals surface area contributed by atoms with Crippen LogP contribution < -0.4 is 20.3 Å². The molecule has 0 heterocycles. The molecule has 1 aromatic rings. The minimum absolute atomic E-state index is 0.0480. The Morgan fingerprint density at radius 3 is 1.43 bits per heavy atom. The second kappa shape index (κ2) is 6.05. The number of hydrogen-bond acceptors (Lipinski definition) is 1. The molecule has 6 heteroatoms. The second-order valence-electron chi connectivity index (χ2n) is 6.88. The van der Waals surface area contributed by atoms with E-state index in [0.717, 1.165) is 0 Å². The summed E-state index contributed by atoms with van der Waals surface area (Å²) in [6.45, 7) is 10.6. The number of halogens is 3. The number of nitrogens with zero attached hydrogens (tertiary/aromatic N) is 2. The fourth-order valence-corrected chi connectivity index (χ4v) is 3.24. The zero-order chi connectivity index (χ0) is 16.7. The maximum absolute atomic E-state index is 13.4. The highest BCUT2D eigenvalue weighted by molar-refractivity contribution is 6.77. The lowest BCUT2D eigenvalue weighted by atomic mass is 9.87.